The molecule has 0 aromatic heterocycles. The lowest BCUT2D eigenvalue weighted by atomic mass is 9.48. The molecule has 0 aromatic rings. The molecule has 116 valence electrons. The summed E-state index contributed by atoms with van der Waals surface area (Å²) >= 11 is 0. The van der Waals surface area contributed by atoms with Gasteiger partial charge in [-0.3, -0.25) is 4.79 Å². The van der Waals surface area contributed by atoms with Crippen LogP contribution in [0.15, 0.2) is 47.3 Å². The molecule has 0 bridgehead atoms. The monoisotopic (exact) mass is 296 g/mol. The van der Waals surface area contributed by atoms with Gasteiger partial charge in [-0.2, -0.15) is 0 Å². The van der Waals surface area contributed by atoms with Gasteiger partial charge in [0.25, 0.3) is 0 Å². The molecule has 0 radical (unpaired) electrons. The molecule has 4 aliphatic carbocycles. The maximum absolute atomic E-state index is 11.8. The summed E-state index contributed by atoms with van der Waals surface area (Å²) in [6, 6.07) is 0. The van der Waals surface area contributed by atoms with Gasteiger partial charge >= 0.3 is 0 Å². The molecule has 0 saturated heterocycles. The Bertz CT molecular complexity index is 692. The molecular formula is C20H24O2. The van der Waals surface area contributed by atoms with E-state index in [2.05, 4.69) is 45.1 Å². The summed E-state index contributed by atoms with van der Waals surface area (Å²) in [5, 5.41) is 10.1. The second kappa shape index (κ2) is 4.04. The number of ketones is 1. The number of allylic oxidation sites excluding steroid dienone is 8. The number of hydrogen-bond donors (Lipinski definition) is 1. The number of carbonyl (C=O) groups is 1. The highest BCUT2D eigenvalue weighted by molar-refractivity contribution is 5.92. The minimum atomic E-state index is -0.0273. The molecule has 4 atom stereocenters. The van der Waals surface area contributed by atoms with Crippen LogP contribution in [0.4, 0.5) is 0 Å². The molecule has 0 spiro atoms. The van der Waals surface area contributed by atoms with Crippen LogP contribution in [0.2, 0.25) is 0 Å². The Kier molecular flexibility index (Phi) is 2.58. The summed E-state index contributed by atoms with van der Waals surface area (Å²) < 4.78 is 0. The fraction of sp³-hybridized carbons (Fsp3) is 0.550. The summed E-state index contributed by atoms with van der Waals surface area (Å²) in [6.07, 6.45) is 14.1. The number of rotatable bonds is 0. The van der Waals surface area contributed by atoms with Crippen molar-refractivity contribution in [3.8, 4) is 0 Å². The molecule has 0 fully saturated rings. The van der Waals surface area contributed by atoms with Crippen molar-refractivity contribution in [1.29, 1.82) is 0 Å². The van der Waals surface area contributed by atoms with Crippen molar-refractivity contribution in [3.05, 3.63) is 47.3 Å². The Hall–Kier alpha value is -1.57. The molecule has 0 aliphatic heterocycles. The van der Waals surface area contributed by atoms with E-state index in [-0.39, 0.29) is 22.0 Å². The van der Waals surface area contributed by atoms with Gasteiger partial charge in [-0.1, -0.05) is 44.6 Å². The van der Waals surface area contributed by atoms with Gasteiger partial charge in [0.15, 0.2) is 5.78 Å². The van der Waals surface area contributed by atoms with Crippen LogP contribution in [0.25, 0.3) is 0 Å². The smallest absolute Gasteiger partial charge is 0.156 e. The fourth-order valence-electron chi connectivity index (χ4n) is 5.54. The Morgan fingerprint density at radius 3 is 2.82 bits per heavy atom. The van der Waals surface area contributed by atoms with Gasteiger partial charge in [0, 0.05) is 23.7 Å². The lowest BCUT2D eigenvalue weighted by Gasteiger charge is -2.55. The van der Waals surface area contributed by atoms with E-state index in [4.69, 9.17) is 0 Å². The predicted molar refractivity (Wildman–Crippen MR) is 87.3 cm³/mol. The third-order valence-electron chi connectivity index (χ3n) is 6.78. The van der Waals surface area contributed by atoms with Gasteiger partial charge in [-0.25, -0.2) is 0 Å². The van der Waals surface area contributed by atoms with Crippen molar-refractivity contribution in [2.24, 2.45) is 22.2 Å². The molecule has 0 aromatic carbocycles. The van der Waals surface area contributed by atoms with E-state index in [0.29, 0.717) is 18.1 Å². The van der Waals surface area contributed by atoms with E-state index in [9.17, 15) is 9.90 Å². The van der Waals surface area contributed by atoms with Crippen LogP contribution in [0.5, 0.6) is 0 Å². The Morgan fingerprint density at radius 1 is 1.27 bits per heavy atom. The van der Waals surface area contributed by atoms with Crippen LogP contribution in [-0.2, 0) is 4.79 Å². The Morgan fingerprint density at radius 2 is 2.05 bits per heavy atom. The number of carbonyl (C=O) groups excluding carboxylic acids is 1. The quantitative estimate of drug-likeness (QED) is 0.660. The Balaban J connectivity index is 1.88. The SMILES string of the molecule is CC12CCC(=O)C=C1C=CC1(C)C2=CCC2(C)C=C(O)CC21. The predicted octanol–water partition coefficient (Wildman–Crippen LogP) is 4.66. The molecule has 0 heterocycles. The highest BCUT2D eigenvalue weighted by Crippen LogP contribution is 2.65. The average molecular weight is 296 g/mol. The molecule has 0 saturated carbocycles. The van der Waals surface area contributed by atoms with Gasteiger partial charge in [0.05, 0.1) is 5.76 Å². The maximum Gasteiger partial charge on any atom is 0.156 e. The summed E-state index contributed by atoms with van der Waals surface area (Å²) in [4.78, 5) is 11.8. The topological polar surface area (TPSA) is 37.3 Å². The van der Waals surface area contributed by atoms with Crippen molar-refractivity contribution in [1.82, 2.24) is 0 Å². The average Bonchev–Trinajstić information content (AvgIpc) is 2.76. The van der Waals surface area contributed by atoms with Crippen molar-refractivity contribution in [2.75, 3.05) is 0 Å². The van der Waals surface area contributed by atoms with Gasteiger partial charge in [0.1, 0.15) is 0 Å². The van der Waals surface area contributed by atoms with Crippen molar-refractivity contribution in [2.45, 2.75) is 46.5 Å². The van der Waals surface area contributed by atoms with E-state index in [1.165, 1.54) is 11.1 Å². The van der Waals surface area contributed by atoms with Gasteiger partial charge in [0.2, 0.25) is 0 Å². The van der Waals surface area contributed by atoms with Gasteiger partial charge in [-0.15, -0.1) is 0 Å². The first-order valence-electron chi connectivity index (χ1n) is 8.34. The molecule has 22 heavy (non-hydrogen) atoms. The van der Waals surface area contributed by atoms with Crippen LogP contribution in [-0.4, -0.2) is 10.9 Å². The zero-order valence-electron chi connectivity index (χ0n) is 13.6. The van der Waals surface area contributed by atoms with E-state index >= 15 is 0 Å². The molecule has 0 amide bonds. The maximum atomic E-state index is 11.8. The van der Waals surface area contributed by atoms with Crippen LogP contribution >= 0.6 is 0 Å². The largest absolute Gasteiger partial charge is 0.513 e. The molecule has 4 aliphatic rings. The first-order chi connectivity index (χ1) is 10.3. The number of fused-ring (bicyclic) bond motifs is 5. The van der Waals surface area contributed by atoms with Crippen molar-refractivity contribution >= 4 is 5.78 Å². The van der Waals surface area contributed by atoms with E-state index in [1.807, 2.05) is 6.08 Å². The summed E-state index contributed by atoms with van der Waals surface area (Å²) in [5.41, 5.74) is 2.64. The highest BCUT2D eigenvalue weighted by atomic mass is 16.3. The Labute approximate surface area is 132 Å². The molecule has 1 N–H and O–H groups in total. The minimum absolute atomic E-state index is 0.0169. The van der Waals surface area contributed by atoms with E-state index in [1.54, 1.807) is 0 Å². The summed E-state index contributed by atoms with van der Waals surface area (Å²) in [5.74, 6) is 1.21. The second-order valence-corrected chi connectivity index (χ2v) is 8.23. The van der Waals surface area contributed by atoms with Crippen LogP contribution < -0.4 is 0 Å². The lowest BCUT2D eigenvalue weighted by molar-refractivity contribution is -0.115. The fourth-order valence-corrected chi connectivity index (χ4v) is 5.54. The second-order valence-electron chi connectivity index (χ2n) is 8.23. The van der Waals surface area contributed by atoms with Crippen LogP contribution in [0, 0.1) is 22.2 Å². The van der Waals surface area contributed by atoms with Crippen molar-refractivity contribution < 1.29 is 9.90 Å². The van der Waals surface area contributed by atoms with E-state index < -0.39 is 0 Å². The third kappa shape index (κ3) is 1.59. The number of aliphatic hydroxyl groups excluding tert-OH is 1. The minimum Gasteiger partial charge on any atom is -0.513 e. The molecule has 2 nitrogen and oxygen atoms in total. The van der Waals surface area contributed by atoms with Crippen LogP contribution in [0.1, 0.15) is 46.5 Å². The number of hydrogen-bond acceptors (Lipinski definition) is 2. The summed E-state index contributed by atoms with van der Waals surface area (Å²) in [6.45, 7) is 6.89. The highest BCUT2D eigenvalue weighted by Gasteiger charge is 2.56. The first kappa shape index (κ1) is 14.0. The molecular weight excluding hydrogens is 272 g/mol. The summed E-state index contributed by atoms with van der Waals surface area (Å²) in [7, 11) is 0. The first-order valence-corrected chi connectivity index (χ1v) is 8.34. The molecule has 2 heteroatoms. The van der Waals surface area contributed by atoms with Crippen molar-refractivity contribution in [3.63, 3.8) is 0 Å². The zero-order valence-corrected chi connectivity index (χ0v) is 13.6. The number of aliphatic hydroxyl groups is 1. The third-order valence-corrected chi connectivity index (χ3v) is 6.78. The zero-order chi connectivity index (χ0) is 15.8. The van der Waals surface area contributed by atoms with Gasteiger partial charge < -0.3 is 5.11 Å². The van der Waals surface area contributed by atoms with Gasteiger partial charge in [-0.05, 0) is 41.9 Å². The van der Waals surface area contributed by atoms with Crippen LogP contribution in [0.3, 0.4) is 0 Å². The standard InChI is InChI=1S/C20H24O2/c1-18-7-6-16-19(2)9-5-14(21)10-13(19)4-8-20(16,3)17(18)11-15(22)12-18/h4,6,8,10,12,17,22H,5,7,9,11H2,1-3H3. The normalized spacial score (nSPS) is 46.2. The molecule has 4 rings (SSSR count). The van der Waals surface area contributed by atoms with E-state index in [0.717, 1.165) is 19.3 Å². The lowest BCUT2D eigenvalue weighted by Crippen LogP contribution is -2.47. The molecule has 4 unspecified atom stereocenters.